The summed E-state index contributed by atoms with van der Waals surface area (Å²) in [6.45, 7) is 4.72. The van der Waals surface area contributed by atoms with E-state index in [1.54, 1.807) is 0 Å². The van der Waals surface area contributed by atoms with E-state index in [0.29, 0.717) is 6.04 Å². The summed E-state index contributed by atoms with van der Waals surface area (Å²) in [5.41, 5.74) is 0. The average Bonchev–Trinajstić information content (AvgIpc) is 2.81. The van der Waals surface area contributed by atoms with E-state index in [0.717, 1.165) is 18.3 Å². The smallest absolute Gasteiger partial charge is 0.120 e. The van der Waals surface area contributed by atoms with Crippen LogP contribution in [0.5, 0.6) is 0 Å². The van der Waals surface area contributed by atoms with Crippen LogP contribution in [0.2, 0.25) is 0 Å². The van der Waals surface area contributed by atoms with E-state index in [-0.39, 0.29) is 0 Å². The van der Waals surface area contributed by atoms with Crippen molar-refractivity contribution < 1.29 is 0 Å². The number of H-pyrrole nitrogens is 1. The molecular formula is C11H18N4. The van der Waals surface area contributed by atoms with Gasteiger partial charge in [-0.15, -0.1) is 0 Å². The Kier molecular flexibility index (Phi) is 2.46. The Labute approximate surface area is 90.1 Å². The summed E-state index contributed by atoms with van der Waals surface area (Å²) in [6.07, 6.45) is 6.44. The molecule has 4 rings (SSSR count). The topological polar surface area (TPSA) is 44.0 Å². The molecule has 4 nitrogen and oxygen atoms in total. The van der Waals surface area contributed by atoms with Crippen molar-refractivity contribution in [2.75, 3.05) is 19.6 Å². The molecule has 0 spiro atoms. The highest BCUT2D eigenvalue weighted by molar-refractivity contribution is 4.93. The molecule has 1 atom stereocenters. The summed E-state index contributed by atoms with van der Waals surface area (Å²) < 4.78 is 0. The Morgan fingerprint density at radius 1 is 1.47 bits per heavy atom. The second-order valence-electron chi connectivity index (χ2n) is 4.66. The predicted octanol–water partition coefficient (Wildman–Crippen LogP) is 0.593. The molecule has 2 N–H and O–H groups in total. The average molecular weight is 206 g/mol. The number of piperidine rings is 3. The first-order chi connectivity index (χ1) is 7.42. The minimum Gasteiger partial charge on any atom is -0.348 e. The normalized spacial score (nSPS) is 34.5. The van der Waals surface area contributed by atoms with Crippen LogP contribution >= 0.6 is 0 Å². The van der Waals surface area contributed by atoms with Crippen molar-refractivity contribution in [3.8, 4) is 0 Å². The number of hydrogen-bond acceptors (Lipinski definition) is 3. The number of hydrogen-bond donors (Lipinski definition) is 2. The van der Waals surface area contributed by atoms with E-state index < -0.39 is 0 Å². The van der Waals surface area contributed by atoms with E-state index in [1.807, 2.05) is 12.4 Å². The summed E-state index contributed by atoms with van der Waals surface area (Å²) in [7, 11) is 0. The molecule has 4 heteroatoms. The Bertz CT molecular complexity index is 300. The molecule has 3 fully saturated rings. The third-order valence-electron chi connectivity index (χ3n) is 3.74. The van der Waals surface area contributed by atoms with Gasteiger partial charge in [0.2, 0.25) is 0 Å². The Morgan fingerprint density at radius 3 is 2.93 bits per heavy atom. The first-order valence-electron chi connectivity index (χ1n) is 5.86. The molecule has 15 heavy (non-hydrogen) atoms. The van der Waals surface area contributed by atoms with Crippen LogP contribution in [-0.2, 0) is 6.54 Å². The largest absolute Gasteiger partial charge is 0.348 e. The minimum absolute atomic E-state index is 0.678. The van der Waals surface area contributed by atoms with Gasteiger partial charge in [0.25, 0.3) is 0 Å². The molecule has 0 aromatic carbocycles. The maximum Gasteiger partial charge on any atom is 0.120 e. The van der Waals surface area contributed by atoms with Crippen LogP contribution in [0.15, 0.2) is 12.4 Å². The molecule has 1 aromatic rings. The van der Waals surface area contributed by atoms with Gasteiger partial charge in [-0.2, -0.15) is 0 Å². The van der Waals surface area contributed by atoms with Gasteiger partial charge in [0.1, 0.15) is 5.82 Å². The number of fused-ring (bicyclic) bond motifs is 3. The van der Waals surface area contributed by atoms with Crippen molar-refractivity contribution in [2.24, 2.45) is 5.92 Å². The first kappa shape index (κ1) is 9.36. The number of aromatic amines is 1. The molecule has 1 unspecified atom stereocenters. The maximum atomic E-state index is 4.23. The van der Waals surface area contributed by atoms with E-state index >= 15 is 0 Å². The summed E-state index contributed by atoms with van der Waals surface area (Å²) >= 11 is 0. The SMILES string of the molecule is c1c[nH]c(CNC2CN3CCC2CC3)n1. The van der Waals surface area contributed by atoms with E-state index in [9.17, 15) is 0 Å². The van der Waals surface area contributed by atoms with Gasteiger partial charge in [0, 0.05) is 25.0 Å². The van der Waals surface area contributed by atoms with Crippen LogP contribution in [0.3, 0.4) is 0 Å². The minimum atomic E-state index is 0.678. The van der Waals surface area contributed by atoms with Gasteiger partial charge in [-0.3, -0.25) is 0 Å². The molecule has 1 aromatic heterocycles. The fourth-order valence-electron chi connectivity index (χ4n) is 2.82. The fraction of sp³-hybridized carbons (Fsp3) is 0.727. The van der Waals surface area contributed by atoms with Gasteiger partial charge in [-0.25, -0.2) is 4.98 Å². The molecule has 3 aliphatic rings. The number of nitrogens with one attached hydrogen (secondary N) is 2. The lowest BCUT2D eigenvalue weighted by atomic mass is 9.84. The highest BCUT2D eigenvalue weighted by Gasteiger charge is 2.33. The first-order valence-corrected chi connectivity index (χ1v) is 5.86. The molecule has 0 radical (unpaired) electrons. The monoisotopic (exact) mass is 206 g/mol. The molecule has 82 valence electrons. The zero-order chi connectivity index (χ0) is 10.1. The zero-order valence-corrected chi connectivity index (χ0v) is 8.95. The molecule has 0 amide bonds. The van der Waals surface area contributed by atoms with Crippen LogP contribution in [0, 0.1) is 5.92 Å². The van der Waals surface area contributed by atoms with Crippen LogP contribution in [0.4, 0.5) is 0 Å². The number of nitrogens with zero attached hydrogens (tertiary/aromatic N) is 2. The number of imidazole rings is 1. The number of aromatic nitrogens is 2. The highest BCUT2D eigenvalue weighted by atomic mass is 15.2. The van der Waals surface area contributed by atoms with Crippen molar-refractivity contribution in [3.63, 3.8) is 0 Å². The van der Waals surface area contributed by atoms with Gasteiger partial charge in [-0.05, 0) is 31.8 Å². The standard InChI is InChI=1S/C11H18N4/c1-5-15-6-2-9(1)10(8-15)14-7-11-12-3-4-13-11/h3-4,9-10,14H,1-2,5-8H2,(H,12,13). The highest BCUT2D eigenvalue weighted by Crippen LogP contribution is 2.27. The lowest BCUT2D eigenvalue weighted by molar-refractivity contribution is 0.0717. The quantitative estimate of drug-likeness (QED) is 0.761. The van der Waals surface area contributed by atoms with Crippen molar-refractivity contribution in [3.05, 3.63) is 18.2 Å². The molecule has 0 saturated carbocycles. The molecular weight excluding hydrogens is 188 g/mol. The molecule has 0 aliphatic carbocycles. The Balaban J connectivity index is 1.55. The summed E-state index contributed by atoms with van der Waals surface area (Å²) in [5.74, 6) is 1.94. The van der Waals surface area contributed by atoms with E-state index in [1.165, 1.54) is 32.5 Å². The van der Waals surface area contributed by atoms with Gasteiger partial charge in [0.05, 0.1) is 6.54 Å². The zero-order valence-electron chi connectivity index (χ0n) is 8.95. The molecule has 3 aliphatic heterocycles. The lowest BCUT2D eigenvalue weighted by Gasteiger charge is -2.45. The van der Waals surface area contributed by atoms with Gasteiger partial charge < -0.3 is 15.2 Å². The van der Waals surface area contributed by atoms with Crippen LogP contribution in [-0.4, -0.2) is 40.5 Å². The summed E-state index contributed by atoms with van der Waals surface area (Å²) in [6, 6.07) is 0.678. The predicted molar refractivity (Wildman–Crippen MR) is 58.4 cm³/mol. The lowest BCUT2D eigenvalue weighted by Crippen LogP contribution is -2.55. The summed E-state index contributed by atoms with van der Waals surface area (Å²) in [5, 5.41) is 3.62. The third kappa shape index (κ3) is 1.92. The summed E-state index contributed by atoms with van der Waals surface area (Å²) in [4.78, 5) is 9.93. The van der Waals surface area contributed by atoms with Gasteiger partial charge >= 0.3 is 0 Å². The third-order valence-corrected chi connectivity index (χ3v) is 3.74. The van der Waals surface area contributed by atoms with Crippen molar-refractivity contribution in [2.45, 2.75) is 25.4 Å². The van der Waals surface area contributed by atoms with Crippen LogP contribution in [0.1, 0.15) is 18.7 Å². The van der Waals surface area contributed by atoms with Crippen molar-refractivity contribution in [1.29, 1.82) is 0 Å². The van der Waals surface area contributed by atoms with Gasteiger partial charge in [0.15, 0.2) is 0 Å². The van der Waals surface area contributed by atoms with E-state index in [2.05, 4.69) is 20.2 Å². The number of rotatable bonds is 3. The second kappa shape index (κ2) is 3.94. The van der Waals surface area contributed by atoms with Crippen molar-refractivity contribution in [1.82, 2.24) is 20.2 Å². The van der Waals surface area contributed by atoms with Crippen LogP contribution in [0.25, 0.3) is 0 Å². The molecule has 4 heterocycles. The molecule has 2 bridgehead atoms. The fourth-order valence-corrected chi connectivity index (χ4v) is 2.82. The van der Waals surface area contributed by atoms with Crippen LogP contribution < -0.4 is 5.32 Å². The Morgan fingerprint density at radius 2 is 2.33 bits per heavy atom. The van der Waals surface area contributed by atoms with Crippen molar-refractivity contribution >= 4 is 0 Å². The second-order valence-corrected chi connectivity index (χ2v) is 4.66. The van der Waals surface area contributed by atoms with E-state index in [4.69, 9.17) is 0 Å². The maximum absolute atomic E-state index is 4.23. The van der Waals surface area contributed by atoms with Gasteiger partial charge in [-0.1, -0.05) is 0 Å². The molecule has 3 saturated heterocycles. The Hall–Kier alpha value is -0.870.